The Morgan fingerprint density at radius 2 is 2.06 bits per heavy atom. The fraction of sp³-hybridized carbons (Fsp3) is 0.407. The molecule has 0 spiro atoms. The summed E-state index contributed by atoms with van der Waals surface area (Å²) in [4.78, 5) is 2.49. The second-order valence-corrected chi connectivity index (χ2v) is 9.89. The van der Waals surface area contributed by atoms with E-state index in [2.05, 4.69) is 53.7 Å². The second-order valence-electron chi connectivity index (χ2n) is 9.48. The maximum Gasteiger partial charge on any atom is 0.141 e. The number of hydrazine groups is 1. The van der Waals surface area contributed by atoms with Gasteiger partial charge in [-0.1, -0.05) is 29.8 Å². The minimum absolute atomic E-state index is 0.0358. The molecule has 2 aromatic carbocycles. The lowest BCUT2D eigenvalue weighted by molar-refractivity contribution is 0.245. The molecule has 0 fully saturated rings. The fourth-order valence-electron chi connectivity index (χ4n) is 4.72. The van der Waals surface area contributed by atoms with Crippen LogP contribution in [-0.2, 0) is 0 Å². The van der Waals surface area contributed by atoms with E-state index in [1.807, 2.05) is 14.0 Å². The van der Waals surface area contributed by atoms with Crippen molar-refractivity contribution in [3.05, 3.63) is 75.7 Å². The molecule has 2 aromatic rings. The summed E-state index contributed by atoms with van der Waals surface area (Å²) in [5.74, 6) is 5.69. The highest BCUT2D eigenvalue weighted by molar-refractivity contribution is 6.31. The standard InChI is InChI=1S/C27H35ClFN5/c1-17(2)34-13-10-19(11-14-34)20-5-7-22-23(15-20)26(9-12-31-27(22)18(3)33(4)30)32-21-6-8-25(29)24(28)16-21/h5-8,10,15-17,26,31-32H,9,11-14,30H2,1-4H3/b27-18-. The molecule has 0 amide bonds. The van der Waals surface area contributed by atoms with Crippen LogP contribution in [0.15, 0.2) is 48.2 Å². The van der Waals surface area contributed by atoms with E-state index in [-0.39, 0.29) is 11.1 Å². The Hall–Kier alpha value is -2.54. The van der Waals surface area contributed by atoms with Crippen LogP contribution in [0.2, 0.25) is 5.02 Å². The maximum absolute atomic E-state index is 13.7. The quantitative estimate of drug-likeness (QED) is 0.381. The van der Waals surface area contributed by atoms with Crippen LogP contribution in [0.5, 0.6) is 0 Å². The summed E-state index contributed by atoms with van der Waals surface area (Å²) < 4.78 is 13.7. The first-order valence-electron chi connectivity index (χ1n) is 12.0. The Morgan fingerprint density at radius 3 is 2.71 bits per heavy atom. The summed E-state index contributed by atoms with van der Waals surface area (Å²) in [6, 6.07) is 12.1. The second kappa shape index (κ2) is 10.4. The van der Waals surface area contributed by atoms with Gasteiger partial charge in [0.1, 0.15) is 5.82 Å². The van der Waals surface area contributed by atoms with Crippen molar-refractivity contribution in [3.63, 3.8) is 0 Å². The lowest BCUT2D eigenvalue weighted by Gasteiger charge is -2.30. The first kappa shape index (κ1) is 24.6. The van der Waals surface area contributed by atoms with Gasteiger partial charge in [-0.25, -0.2) is 10.2 Å². The molecule has 5 nitrogen and oxygen atoms in total. The van der Waals surface area contributed by atoms with Crippen LogP contribution in [0.4, 0.5) is 10.1 Å². The van der Waals surface area contributed by atoms with E-state index in [1.165, 1.54) is 22.8 Å². The molecular weight excluding hydrogens is 449 g/mol. The molecule has 0 aromatic heterocycles. The van der Waals surface area contributed by atoms with Crippen LogP contribution < -0.4 is 16.5 Å². The predicted octanol–water partition coefficient (Wildman–Crippen LogP) is 5.62. The Bertz CT molecular complexity index is 1110. The van der Waals surface area contributed by atoms with Gasteiger partial charge in [-0.3, -0.25) is 4.90 Å². The zero-order valence-corrected chi connectivity index (χ0v) is 21.2. The third kappa shape index (κ3) is 5.24. The first-order valence-corrected chi connectivity index (χ1v) is 12.3. The molecule has 4 rings (SSSR count). The van der Waals surface area contributed by atoms with E-state index in [4.69, 9.17) is 17.4 Å². The SMILES string of the molecule is C/C(=C1/NCCC(Nc2ccc(F)c(Cl)c2)c2cc(C3=CCN(C(C)C)CC3)ccc21)N(C)N. The smallest absolute Gasteiger partial charge is 0.141 e. The molecule has 1 atom stereocenters. The number of nitrogens with two attached hydrogens (primary N) is 1. The molecule has 0 saturated heterocycles. The van der Waals surface area contributed by atoms with E-state index < -0.39 is 5.82 Å². The van der Waals surface area contributed by atoms with Gasteiger partial charge >= 0.3 is 0 Å². The summed E-state index contributed by atoms with van der Waals surface area (Å²) in [6.07, 6.45) is 4.25. The molecule has 182 valence electrons. The van der Waals surface area contributed by atoms with Crippen molar-refractivity contribution < 1.29 is 4.39 Å². The van der Waals surface area contributed by atoms with Gasteiger partial charge in [0.15, 0.2) is 0 Å². The lowest BCUT2D eigenvalue weighted by atomic mass is 9.90. The molecule has 1 unspecified atom stereocenters. The molecule has 0 aliphatic carbocycles. The van der Waals surface area contributed by atoms with Gasteiger partial charge in [0.05, 0.1) is 16.8 Å². The molecule has 2 aliphatic heterocycles. The average molecular weight is 484 g/mol. The minimum atomic E-state index is -0.413. The molecule has 2 aliphatic rings. The predicted molar refractivity (Wildman–Crippen MR) is 141 cm³/mol. The Labute approximate surface area is 207 Å². The van der Waals surface area contributed by atoms with Crippen molar-refractivity contribution in [2.24, 2.45) is 5.84 Å². The molecule has 0 radical (unpaired) electrons. The van der Waals surface area contributed by atoms with Gasteiger partial charge in [0, 0.05) is 49.7 Å². The van der Waals surface area contributed by atoms with Crippen molar-refractivity contribution in [1.29, 1.82) is 0 Å². The van der Waals surface area contributed by atoms with Gasteiger partial charge in [-0.15, -0.1) is 0 Å². The Balaban J connectivity index is 1.75. The molecule has 34 heavy (non-hydrogen) atoms. The monoisotopic (exact) mass is 483 g/mol. The summed E-state index contributed by atoms with van der Waals surface area (Å²) in [5.41, 5.74) is 7.79. The van der Waals surface area contributed by atoms with E-state index in [0.29, 0.717) is 6.04 Å². The van der Waals surface area contributed by atoms with Gasteiger partial charge in [-0.2, -0.15) is 0 Å². The molecule has 0 bridgehead atoms. The number of hydrogen-bond donors (Lipinski definition) is 3. The normalized spacial score (nSPS) is 20.2. The fourth-order valence-corrected chi connectivity index (χ4v) is 4.90. The number of benzene rings is 2. The van der Waals surface area contributed by atoms with E-state index in [9.17, 15) is 4.39 Å². The Morgan fingerprint density at radius 1 is 1.26 bits per heavy atom. The average Bonchev–Trinajstić information content (AvgIpc) is 3.00. The van der Waals surface area contributed by atoms with E-state index in [0.717, 1.165) is 55.1 Å². The molecule has 7 heteroatoms. The number of rotatable bonds is 5. The van der Waals surface area contributed by atoms with Gasteiger partial charge < -0.3 is 15.6 Å². The van der Waals surface area contributed by atoms with Crippen LogP contribution >= 0.6 is 11.6 Å². The van der Waals surface area contributed by atoms with Crippen molar-refractivity contribution in [3.8, 4) is 0 Å². The van der Waals surface area contributed by atoms with Crippen LogP contribution in [-0.4, -0.2) is 42.6 Å². The number of anilines is 1. The van der Waals surface area contributed by atoms with E-state index >= 15 is 0 Å². The van der Waals surface area contributed by atoms with Crippen molar-refractivity contribution in [1.82, 2.24) is 15.2 Å². The first-order chi connectivity index (χ1) is 16.2. The van der Waals surface area contributed by atoms with Crippen molar-refractivity contribution in [2.45, 2.75) is 45.7 Å². The largest absolute Gasteiger partial charge is 0.383 e. The number of hydrogen-bond acceptors (Lipinski definition) is 5. The van der Waals surface area contributed by atoms with Crippen LogP contribution in [0.1, 0.15) is 56.3 Å². The number of nitrogens with one attached hydrogen (secondary N) is 2. The third-order valence-corrected chi connectivity index (χ3v) is 7.21. The van der Waals surface area contributed by atoms with Crippen molar-refractivity contribution in [2.75, 3.05) is 32.0 Å². The highest BCUT2D eigenvalue weighted by Crippen LogP contribution is 2.36. The number of halogens is 2. The molecular formula is C27H35ClFN5. The Kier molecular flexibility index (Phi) is 7.51. The summed E-state index contributed by atoms with van der Waals surface area (Å²) in [5, 5.41) is 8.95. The summed E-state index contributed by atoms with van der Waals surface area (Å²) in [6.45, 7) is 9.35. The zero-order valence-electron chi connectivity index (χ0n) is 20.5. The number of nitrogens with zero attached hydrogens (tertiary/aromatic N) is 2. The molecule has 4 N–H and O–H groups in total. The zero-order chi connectivity index (χ0) is 24.4. The van der Waals surface area contributed by atoms with Gasteiger partial charge in [-0.05, 0) is 74.6 Å². The van der Waals surface area contributed by atoms with Crippen LogP contribution in [0.25, 0.3) is 11.3 Å². The summed E-state index contributed by atoms with van der Waals surface area (Å²) in [7, 11) is 1.85. The third-order valence-electron chi connectivity index (χ3n) is 6.92. The maximum atomic E-state index is 13.7. The number of allylic oxidation sites excluding steroid dienone is 1. The van der Waals surface area contributed by atoms with Gasteiger partial charge in [0.2, 0.25) is 0 Å². The molecule has 2 heterocycles. The van der Waals surface area contributed by atoms with Crippen LogP contribution in [0, 0.1) is 5.82 Å². The van der Waals surface area contributed by atoms with E-state index in [1.54, 1.807) is 17.1 Å². The van der Waals surface area contributed by atoms with Gasteiger partial charge in [0.25, 0.3) is 0 Å². The van der Waals surface area contributed by atoms with Crippen LogP contribution in [0.3, 0.4) is 0 Å². The summed E-state index contributed by atoms with van der Waals surface area (Å²) >= 11 is 6.06. The minimum Gasteiger partial charge on any atom is -0.383 e. The molecule has 0 saturated carbocycles. The highest BCUT2D eigenvalue weighted by Gasteiger charge is 2.25. The number of fused-ring (bicyclic) bond motifs is 1. The van der Waals surface area contributed by atoms with Crippen molar-refractivity contribution >= 4 is 28.6 Å². The lowest BCUT2D eigenvalue weighted by Crippen LogP contribution is -2.34. The topological polar surface area (TPSA) is 56.6 Å². The highest BCUT2D eigenvalue weighted by atomic mass is 35.5.